The maximum absolute atomic E-state index is 12.3. The molecule has 0 unspecified atom stereocenters. The van der Waals surface area contributed by atoms with Crippen molar-refractivity contribution >= 4 is 40.4 Å². The molecule has 0 radical (unpaired) electrons. The highest BCUT2D eigenvalue weighted by atomic mass is 35.5. The quantitative estimate of drug-likeness (QED) is 0.633. The van der Waals surface area contributed by atoms with Crippen LogP contribution in [-0.2, 0) is 4.79 Å². The second-order valence-corrected chi connectivity index (χ2v) is 7.84. The number of hydrogen-bond acceptors (Lipinski definition) is 4. The summed E-state index contributed by atoms with van der Waals surface area (Å²) in [4.78, 5) is 28.9. The number of nitrogens with one attached hydrogen (secondary N) is 2. The number of anilines is 1. The highest BCUT2D eigenvalue weighted by Gasteiger charge is 2.14. The van der Waals surface area contributed by atoms with E-state index >= 15 is 0 Å². The third kappa shape index (κ3) is 4.77. The van der Waals surface area contributed by atoms with Crippen LogP contribution < -0.4 is 10.6 Å². The molecule has 3 aromatic rings. The molecule has 5 nitrogen and oxygen atoms in total. The lowest BCUT2D eigenvalue weighted by Crippen LogP contribution is -2.33. The molecule has 1 heterocycles. The molecule has 144 valence electrons. The first kappa shape index (κ1) is 20.0. The zero-order chi connectivity index (χ0) is 20.3. The van der Waals surface area contributed by atoms with Gasteiger partial charge in [-0.3, -0.25) is 9.59 Å². The van der Waals surface area contributed by atoms with Crippen molar-refractivity contribution in [3.63, 3.8) is 0 Å². The maximum atomic E-state index is 12.3. The van der Waals surface area contributed by atoms with E-state index in [9.17, 15) is 9.59 Å². The van der Waals surface area contributed by atoms with Crippen LogP contribution in [0.3, 0.4) is 0 Å². The summed E-state index contributed by atoms with van der Waals surface area (Å²) < 4.78 is 0. The van der Waals surface area contributed by atoms with Gasteiger partial charge in [-0.05, 0) is 44.0 Å². The summed E-state index contributed by atoms with van der Waals surface area (Å²) in [5, 5.41) is 8.51. The predicted molar refractivity (Wildman–Crippen MR) is 114 cm³/mol. The van der Waals surface area contributed by atoms with Crippen LogP contribution in [-0.4, -0.2) is 23.3 Å². The number of carbonyl (C=O) groups excluding carboxylic acids is 2. The summed E-state index contributed by atoms with van der Waals surface area (Å²) in [6.45, 7) is 5.78. The number of halogens is 1. The van der Waals surface area contributed by atoms with E-state index in [0.29, 0.717) is 5.02 Å². The molecule has 1 aromatic heterocycles. The fourth-order valence-corrected chi connectivity index (χ4v) is 3.85. The Morgan fingerprint density at radius 1 is 1.07 bits per heavy atom. The minimum atomic E-state index is -0.385. The molecule has 3 rings (SSSR count). The molecule has 0 saturated heterocycles. The van der Waals surface area contributed by atoms with Gasteiger partial charge in [0.05, 0.1) is 6.54 Å². The van der Waals surface area contributed by atoms with E-state index in [0.717, 1.165) is 32.9 Å². The van der Waals surface area contributed by atoms with E-state index in [2.05, 4.69) is 15.6 Å². The molecule has 0 saturated carbocycles. The van der Waals surface area contributed by atoms with Gasteiger partial charge in [0.15, 0.2) is 0 Å². The smallest absolute Gasteiger partial charge is 0.271 e. The molecular weight excluding hydrogens is 394 g/mol. The van der Waals surface area contributed by atoms with Crippen molar-refractivity contribution in [3.8, 4) is 10.6 Å². The summed E-state index contributed by atoms with van der Waals surface area (Å²) in [5.74, 6) is -0.666. The minimum Gasteiger partial charge on any atom is -0.342 e. The Balaban J connectivity index is 1.60. The first-order chi connectivity index (χ1) is 13.3. The number of aromatic nitrogens is 1. The Labute approximate surface area is 172 Å². The first-order valence-electron chi connectivity index (χ1n) is 8.71. The van der Waals surface area contributed by atoms with Crippen LogP contribution in [0.4, 0.5) is 5.69 Å². The zero-order valence-electron chi connectivity index (χ0n) is 15.8. The van der Waals surface area contributed by atoms with Crippen LogP contribution >= 0.6 is 22.9 Å². The number of nitrogens with zero attached hydrogens (tertiary/aromatic N) is 1. The van der Waals surface area contributed by atoms with Crippen LogP contribution in [0.2, 0.25) is 5.02 Å². The van der Waals surface area contributed by atoms with Crippen LogP contribution in [0.25, 0.3) is 10.6 Å². The number of thiazole rings is 1. The minimum absolute atomic E-state index is 0.126. The van der Waals surface area contributed by atoms with Crippen molar-refractivity contribution in [2.45, 2.75) is 20.8 Å². The van der Waals surface area contributed by atoms with Gasteiger partial charge in [-0.15, -0.1) is 11.3 Å². The molecule has 7 heteroatoms. The standard InChI is InChI=1S/C21H20ClN3O2S/c1-12-8-13(2)19(14(3)9-12)25-18(26)10-23-20(27)17-11-28-21(24-17)15-4-6-16(22)7-5-15/h4-9,11H,10H2,1-3H3,(H,23,27)(H,25,26). The van der Waals surface area contributed by atoms with E-state index in [4.69, 9.17) is 11.6 Å². The van der Waals surface area contributed by atoms with E-state index in [1.807, 2.05) is 45.0 Å². The van der Waals surface area contributed by atoms with Gasteiger partial charge in [-0.1, -0.05) is 41.4 Å². The van der Waals surface area contributed by atoms with Crippen molar-refractivity contribution in [3.05, 3.63) is 69.2 Å². The molecule has 2 amide bonds. The van der Waals surface area contributed by atoms with Gasteiger partial charge < -0.3 is 10.6 Å². The van der Waals surface area contributed by atoms with Crippen molar-refractivity contribution in [2.24, 2.45) is 0 Å². The van der Waals surface area contributed by atoms with Gasteiger partial charge in [-0.2, -0.15) is 0 Å². The average molecular weight is 414 g/mol. The Hall–Kier alpha value is -2.70. The SMILES string of the molecule is Cc1cc(C)c(NC(=O)CNC(=O)c2csc(-c3ccc(Cl)cc3)n2)c(C)c1. The van der Waals surface area contributed by atoms with E-state index < -0.39 is 0 Å². The number of aryl methyl sites for hydroxylation is 3. The molecule has 28 heavy (non-hydrogen) atoms. The average Bonchev–Trinajstić information content (AvgIpc) is 3.13. The number of carbonyl (C=O) groups is 2. The fraction of sp³-hybridized carbons (Fsp3) is 0.190. The summed E-state index contributed by atoms with van der Waals surface area (Å²) >= 11 is 7.26. The van der Waals surface area contributed by atoms with Crippen LogP contribution in [0.15, 0.2) is 41.8 Å². The van der Waals surface area contributed by atoms with Crippen LogP contribution in [0.5, 0.6) is 0 Å². The molecule has 2 N–H and O–H groups in total. The van der Waals surface area contributed by atoms with E-state index in [-0.39, 0.29) is 24.1 Å². The van der Waals surface area contributed by atoms with E-state index in [1.165, 1.54) is 11.3 Å². The second kappa shape index (κ2) is 8.54. The summed E-state index contributed by atoms with van der Waals surface area (Å²) in [6, 6.07) is 11.3. The second-order valence-electron chi connectivity index (χ2n) is 6.55. The van der Waals surface area contributed by atoms with Crippen molar-refractivity contribution < 1.29 is 9.59 Å². The maximum Gasteiger partial charge on any atom is 0.271 e. The van der Waals surface area contributed by atoms with Crippen molar-refractivity contribution in [1.29, 1.82) is 0 Å². The molecule has 0 bridgehead atoms. The Bertz CT molecular complexity index is 1010. The van der Waals surface area contributed by atoms with E-state index in [1.54, 1.807) is 17.5 Å². The monoisotopic (exact) mass is 413 g/mol. The van der Waals surface area contributed by atoms with Gasteiger partial charge >= 0.3 is 0 Å². The summed E-state index contributed by atoms with van der Waals surface area (Å²) in [6.07, 6.45) is 0. The Morgan fingerprint density at radius 2 is 1.71 bits per heavy atom. The van der Waals surface area contributed by atoms with Crippen LogP contribution in [0, 0.1) is 20.8 Å². The molecule has 0 aliphatic heterocycles. The molecule has 0 aliphatic carbocycles. The zero-order valence-corrected chi connectivity index (χ0v) is 17.4. The highest BCUT2D eigenvalue weighted by Crippen LogP contribution is 2.25. The predicted octanol–water partition coefficient (Wildman–Crippen LogP) is 4.76. The molecule has 0 spiro atoms. The van der Waals surface area contributed by atoms with Crippen LogP contribution in [0.1, 0.15) is 27.2 Å². The molecule has 0 aliphatic rings. The number of benzene rings is 2. The third-order valence-corrected chi connectivity index (χ3v) is 5.32. The number of rotatable bonds is 5. The topological polar surface area (TPSA) is 71.1 Å². The Morgan fingerprint density at radius 3 is 2.36 bits per heavy atom. The number of amides is 2. The van der Waals surface area contributed by atoms with Gasteiger partial charge in [0.2, 0.25) is 5.91 Å². The lowest BCUT2D eigenvalue weighted by atomic mass is 10.1. The normalized spacial score (nSPS) is 10.6. The van der Waals surface area contributed by atoms with Gasteiger partial charge in [0, 0.05) is 21.7 Å². The molecule has 0 fully saturated rings. The molecule has 0 atom stereocenters. The fourth-order valence-electron chi connectivity index (χ4n) is 2.92. The highest BCUT2D eigenvalue weighted by molar-refractivity contribution is 7.13. The van der Waals surface area contributed by atoms with Gasteiger partial charge in [0.1, 0.15) is 10.7 Å². The lowest BCUT2D eigenvalue weighted by Gasteiger charge is -2.13. The Kier molecular flexibility index (Phi) is 6.11. The third-order valence-electron chi connectivity index (χ3n) is 4.18. The first-order valence-corrected chi connectivity index (χ1v) is 9.96. The summed E-state index contributed by atoms with van der Waals surface area (Å²) in [5.41, 5.74) is 5.07. The van der Waals surface area contributed by atoms with Gasteiger partial charge in [0.25, 0.3) is 5.91 Å². The lowest BCUT2D eigenvalue weighted by molar-refractivity contribution is -0.115. The summed E-state index contributed by atoms with van der Waals surface area (Å²) in [7, 11) is 0. The largest absolute Gasteiger partial charge is 0.342 e. The van der Waals surface area contributed by atoms with Crippen molar-refractivity contribution in [2.75, 3.05) is 11.9 Å². The number of hydrogen-bond donors (Lipinski definition) is 2. The molecule has 2 aromatic carbocycles. The van der Waals surface area contributed by atoms with Crippen molar-refractivity contribution in [1.82, 2.24) is 10.3 Å². The van der Waals surface area contributed by atoms with Gasteiger partial charge in [-0.25, -0.2) is 4.98 Å². The molecular formula is C21H20ClN3O2S.